The molecule has 0 saturated carbocycles. The average Bonchev–Trinajstić information content (AvgIpc) is 3.03. The van der Waals surface area contributed by atoms with Crippen molar-refractivity contribution < 1.29 is 18.7 Å². The summed E-state index contributed by atoms with van der Waals surface area (Å²) in [7, 11) is 1.65. The van der Waals surface area contributed by atoms with Crippen LogP contribution in [0.3, 0.4) is 0 Å². The van der Waals surface area contributed by atoms with Crippen molar-refractivity contribution in [1.82, 2.24) is 4.90 Å². The van der Waals surface area contributed by atoms with E-state index in [1.165, 1.54) is 29.2 Å². The largest absolute Gasteiger partial charge is 0.497 e. The van der Waals surface area contributed by atoms with E-state index >= 15 is 0 Å². The Morgan fingerprint density at radius 1 is 1.07 bits per heavy atom. The first-order valence-corrected chi connectivity index (χ1v) is 9.82. The molecule has 7 heteroatoms. The zero-order chi connectivity index (χ0) is 20.4. The van der Waals surface area contributed by atoms with Crippen LogP contribution in [0, 0.1) is 5.82 Å². The molecule has 29 heavy (non-hydrogen) atoms. The van der Waals surface area contributed by atoms with E-state index in [-0.39, 0.29) is 18.2 Å². The molecule has 1 N–H and O–H groups in total. The third-order valence-corrected chi connectivity index (χ3v) is 5.62. The van der Waals surface area contributed by atoms with Crippen molar-refractivity contribution in [3.63, 3.8) is 0 Å². The molecule has 2 fully saturated rings. The van der Waals surface area contributed by atoms with Gasteiger partial charge in [-0.3, -0.25) is 14.5 Å². The van der Waals surface area contributed by atoms with Crippen LogP contribution in [0.2, 0.25) is 0 Å². The number of benzene rings is 2. The van der Waals surface area contributed by atoms with Gasteiger partial charge in [0.05, 0.1) is 25.3 Å². The minimum atomic E-state index is -0.440. The van der Waals surface area contributed by atoms with Gasteiger partial charge in [0, 0.05) is 30.9 Å². The Morgan fingerprint density at radius 2 is 1.79 bits per heavy atom. The second-order valence-electron chi connectivity index (χ2n) is 7.45. The molecule has 0 unspecified atom stereocenters. The first kappa shape index (κ1) is 19.4. The van der Waals surface area contributed by atoms with Crippen molar-refractivity contribution >= 4 is 23.2 Å². The summed E-state index contributed by atoms with van der Waals surface area (Å²) >= 11 is 0. The molecule has 2 heterocycles. The highest BCUT2D eigenvalue weighted by atomic mass is 19.1. The molecule has 2 aromatic carbocycles. The summed E-state index contributed by atoms with van der Waals surface area (Å²) in [6.07, 6.45) is 1.93. The van der Waals surface area contributed by atoms with Gasteiger partial charge in [0.25, 0.3) is 5.91 Å². The van der Waals surface area contributed by atoms with E-state index in [1.54, 1.807) is 7.11 Å². The molecule has 0 spiro atoms. The Kier molecular flexibility index (Phi) is 5.49. The van der Waals surface area contributed by atoms with Crippen LogP contribution in [-0.2, 0) is 9.59 Å². The summed E-state index contributed by atoms with van der Waals surface area (Å²) in [5.74, 6) is -0.0394. The summed E-state index contributed by atoms with van der Waals surface area (Å²) in [6, 6.07) is 13.2. The Hall–Kier alpha value is -2.93. The molecule has 152 valence electrons. The molecule has 2 aromatic rings. The highest BCUT2D eigenvalue weighted by molar-refractivity contribution is 6.22. The summed E-state index contributed by atoms with van der Waals surface area (Å²) in [6.45, 7) is 1.48. The summed E-state index contributed by atoms with van der Waals surface area (Å²) in [5.41, 5.74) is 1.44. The smallest absolute Gasteiger partial charge is 0.251 e. The first-order valence-electron chi connectivity index (χ1n) is 9.82. The second kappa shape index (κ2) is 8.21. The number of hydrogen-bond donors (Lipinski definition) is 1. The number of methoxy groups -OCH3 is 1. The van der Waals surface area contributed by atoms with Gasteiger partial charge in [-0.05, 0) is 49.2 Å². The fourth-order valence-corrected chi connectivity index (χ4v) is 4.07. The van der Waals surface area contributed by atoms with Crippen LogP contribution in [-0.4, -0.2) is 49.0 Å². The van der Waals surface area contributed by atoms with Gasteiger partial charge in [-0.1, -0.05) is 6.07 Å². The van der Waals surface area contributed by atoms with Gasteiger partial charge in [-0.25, -0.2) is 9.29 Å². The van der Waals surface area contributed by atoms with Crippen molar-refractivity contribution in [2.45, 2.75) is 31.3 Å². The number of carbonyl (C=O) groups is 2. The third kappa shape index (κ3) is 4.10. The molecule has 0 bridgehead atoms. The molecule has 6 nitrogen and oxygen atoms in total. The molecule has 0 aromatic heterocycles. The van der Waals surface area contributed by atoms with Crippen molar-refractivity contribution in [2.24, 2.45) is 0 Å². The molecular weight excluding hydrogens is 373 g/mol. The van der Waals surface area contributed by atoms with Crippen molar-refractivity contribution in [3.05, 3.63) is 54.3 Å². The SMILES string of the molecule is COc1cccc(NC2CCN([C@@H]3CC(=O)N(c4ccc(F)cc4)C3=O)CC2)c1. The molecule has 2 aliphatic heterocycles. The molecule has 4 rings (SSSR count). The summed E-state index contributed by atoms with van der Waals surface area (Å²) in [4.78, 5) is 28.6. The molecule has 2 saturated heterocycles. The lowest BCUT2D eigenvalue weighted by Crippen LogP contribution is -2.48. The quantitative estimate of drug-likeness (QED) is 0.786. The van der Waals surface area contributed by atoms with Crippen molar-refractivity contribution in [1.29, 1.82) is 0 Å². The lowest BCUT2D eigenvalue weighted by molar-refractivity contribution is -0.123. The van der Waals surface area contributed by atoms with Gasteiger partial charge >= 0.3 is 0 Å². The fraction of sp³-hybridized carbons (Fsp3) is 0.364. The Morgan fingerprint density at radius 3 is 2.48 bits per heavy atom. The van der Waals surface area contributed by atoms with Crippen LogP contribution in [0.15, 0.2) is 48.5 Å². The number of likely N-dealkylation sites (tertiary alicyclic amines) is 1. The number of imide groups is 1. The number of nitrogens with zero attached hydrogens (tertiary/aromatic N) is 2. The Labute approximate surface area is 169 Å². The van der Waals surface area contributed by atoms with E-state index < -0.39 is 11.9 Å². The summed E-state index contributed by atoms with van der Waals surface area (Å²) in [5, 5.41) is 3.52. The maximum absolute atomic E-state index is 13.2. The molecule has 0 aliphatic carbocycles. The molecule has 2 aliphatic rings. The predicted octanol–water partition coefficient (Wildman–Crippen LogP) is 3.04. The van der Waals surface area contributed by atoms with Crippen LogP contribution in [0.25, 0.3) is 0 Å². The monoisotopic (exact) mass is 397 g/mol. The van der Waals surface area contributed by atoms with Crippen molar-refractivity contribution in [3.8, 4) is 5.75 Å². The maximum Gasteiger partial charge on any atom is 0.251 e. The molecule has 1 atom stereocenters. The van der Waals surface area contributed by atoms with Gasteiger partial charge in [0.2, 0.25) is 5.91 Å². The first-order chi connectivity index (χ1) is 14.0. The zero-order valence-electron chi connectivity index (χ0n) is 16.3. The van der Waals surface area contributed by atoms with E-state index in [9.17, 15) is 14.0 Å². The normalized spacial score (nSPS) is 20.9. The van der Waals surface area contributed by atoms with Gasteiger partial charge in [0.15, 0.2) is 0 Å². The minimum absolute atomic E-state index is 0.171. The molecule has 2 amide bonds. The maximum atomic E-state index is 13.2. The standard InChI is InChI=1S/C22H24FN3O3/c1-29-19-4-2-3-17(13-19)24-16-9-11-25(12-10-16)20-14-21(27)26(22(20)28)18-7-5-15(23)6-8-18/h2-8,13,16,20,24H,9-12,14H2,1H3/t20-/m1/s1. The number of halogens is 1. The number of ether oxygens (including phenoxy) is 1. The fourth-order valence-electron chi connectivity index (χ4n) is 4.07. The van der Waals surface area contributed by atoms with Crippen LogP contribution in [0.5, 0.6) is 5.75 Å². The lowest BCUT2D eigenvalue weighted by atomic mass is 10.0. The van der Waals surface area contributed by atoms with E-state index in [2.05, 4.69) is 10.2 Å². The number of amides is 2. The van der Waals surface area contributed by atoms with Crippen molar-refractivity contribution in [2.75, 3.05) is 30.4 Å². The second-order valence-corrected chi connectivity index (χ2v) is 7.45. The highest BCUT2D eigenvalue weighted by Crippen LogP contribution is 2.28. The Balaban J connectivity index is 1.36. The van der Waals surface area contributed by atoms with Gasteiger partial charge in [0.1, 0.15) is 11.6 Å². The topological polar surface area (TPSA) is 61.9 Å². The Bertz CT molecular complexity index is 894. The lowest BCUT2D eigenvalue weighted by Gasteiger charge is -2.35. The highest BCUT2D eigenvalue weighted by Gasteiger charge is 2.43. The van der Waals surface area contributed by atoms with Gasteiger partial charge < -0.3 is 10.1 Å². The van der Waals surface area contributed by atoms with Gasteiger partial charge in [-0.2, -0.15) is 0 Å². The minimum Gasteiger partial charge on any atom is -0.497 e. The number of nitrogens with one attached hydrogen (secondary N) is 1. The predicted molar refractivity (Wildman–Crippen MR) is 109 cm³/mol. The van der Waals surface area contributed by atoms with Crippen LogP contribution >= 0.6 is 0 Å². The summed E-state index contributed by atoms with van der Waals surface area (Å²) < 4.78 is 18.4. The van der Waals surface area contributed by atoms with E-state index in [4.69, 9.17) is 4.74 Å². The van der Waals surface area contributed by atoms with E-state index in [0.29, 0.717) is 11.7 Å². The number of rotatable bonds is 5. The van der Waals surface area contributed by atoms with Crippen LogP contribution in [0.4, 0.5) is 15.8 Å². The third-order valence-electron chi connectivity index (χ3n) is 5.62. The number of piperidine rings is 1. The number of carbonyl (C=O) groups excluding carboxylic acids is 2. The van der Waals surface area contributed by atoms with E-state index in [1.807, 2.05) is 24.3 Å². The van der Waals surface area contributed by atoms with Gasteiger partial charge in [-0.15, -0.1) is 0 Å². The average molecular weight is 397 g/mol. The molecule has 0 radical (unpaired) electrons. The number of hydrogen-bond acceptors (Lipinski definition) is 5. The molecular formula is C22H24FN3O3. The van der Waals surface area contributed by atoms with E-state index in [0.717, 1.165) is 37.4 Å². The van der Waals surface area contributed by atoms with Crippen LogP contribution < -0.4 is 15.0 Å². The number of anilines is 2. The van der Waals surface area contributed by atoms with Crippen LogP contribution in [0.1, 0.15) is 19.3 Å². The zero-order valence-corrected chi connectivity index (χ0v) is 16.3.